The molecule has 1 amide bonds. The Bertz CT molecular complexity index is 541. The van der Waals surface area contributed by atoms with Gasteiger partial charge in [0.1, 0.15) is 5.82 Å². The molecule has 0 fully saturated rings. The van der Waals surface area contributed by atoms with Gasteiger partial charge in [-0.1, -0.05) is 117 Å². The highest BCUT2D eigenvalue weighted by molar-refractivity contribution is 5.75. The van der Waals surface area contributed by atoms with Crippen LogP contribution in [-0.4, -0.2) is 22.0 Å². The Labute approximate surface area is 199 Å². The number of imidazole rings is 1. The van der Waals surface area contributed by atoms with E-state index in [-0.39, 0.29) is 5.91 Å². The third kappa shape index (κ3) is 16.3. The third-order valence-corrected chi connectivity index (χ3v) is 6.49. The predicted octanol–water partition coefficient (Wildman–Crippen LogP) is 7.99. The number of aromatic nitrogens is 2. The topological polar surface area (TPSA) is 46.9 Å². The van der Waals surface area contributed by atoms with Crippen molar-refractivity contribution in [3.05, 3.63) is 18.2 Å². The number of unbranched alkanes of at least 4 members (excludes halogenated alkanes) is 16. The number of nitrogens with one attached hydrogen (secondary N) is 1. The molecule has 0 atom stereocenters. The number of amides is 1. The van der Waals surface area contributed by atoms with Crippen molar-refractivity contribution in [1.29, 1.82) is 0 Å². The van der Waals surface area contributed by atoms with Gasteiger partial charge in [0.15, 0.2) is 0 Å². The molecule has 0 saturated carbocycles. The monoisotopic (exact) mass is 447 g/mol. The zero-order chi connectivity index (χ0) is 23.1. The number of nitrogens with zero attached hydrogens (tertiary/aromatic N) is 2. The molecule has 4 nitrogen and oxygen atoms in total. The minimum atomic E-state index is 0.202. The van der Waals surface area contributed by atoms with Gasteiger partial charge in [-0.05, 0) is 12.8 Å². The first-order chi connectivity index (χ1) is 15.8. The standard InChI is InChI=1S/C28H53N3O/c1-3-5-7-9-11-13-15-17-19-21-27-29-23-25-31(27)26-24-30-28(32)22-20-18-16-14-12-10-8-6-4-2/h23,25H,3-22,24,26H2,1-2H3,(H,30,32). The van der Waals surface area contributed by atoms with Crippen molar-refractivity contribution >= 4 is 5.91 Å². The van der Waals surface area contributed by atoms with Crippen LogP contribution in [-0.2, 0) is 17.8 Å². The molecule has 0 bridgehead atoms. The van der Waals surface area contributed by atoms with E-state index >= 15 is 0 Å². The quantitative estimate of drug-likeness (QED) is 0.173. The molecule has 1 rings (SSSR count). The van der Waals surface area contributed by atoms with Gasteiger partial charge in [0.2, 0.25) is 5.91 Å². The van der Waals surface area contributed by atoms with Gasteiger partial charge in [-0.2, -0.15) is 0 Å². The summed E-state index contributed by atoms with van der Waals surface area (Å²) in [6, 6.07) is 0. The number of hydrogen-bond donors (Lipinski definition) is 1. The number of carbonyl (C=O) groups is 1. The molecule has 0 radical (unpaired) electrons. The summed E-state index contributed by atoms with van der Waals surface area (Å²) in [7, 11) is 0. The van der Waals surface area contributed by atoms with Crippen molar-refractivity contribution in [3.63, 3.8) is 0 Å². The largest absolute Gasteiger partial charge is 0.354 e. The minimum absolute atomic E-state index is 0.202. The van der Waals surface area contributed by atoms with E-state index in [1.54, 1.807) is 0 Å². The van der Waals surface area contributed by atoms with Crippen molar-refractivity contribution in [2.24, 2.45) is 0 Å². The van der Waals surface area contributed by atoms with Crippen LogP contribution in [0.4, 0.5) is 0 Å². The summed E-state index contributed by atoms with van der Waals surface area (Å²) >= 11 is 0. The minimum Gasteiger partial charge on any atom is -0.354 e. The molecule has 0 saturated heterocycles. The molecule has 0 aliphatic heterocycles. The van der Waals surface area contributed by atoms with E-state index in [4.69, 9.17) is 0 Å². The van der Waals surface area contributed by atoms with Crippen molar-refractivity contribution in [2.75, 3.05) is 6.54 Å². The zero-order valence-electron chi connectivity index (χ0n) is 21.5. The highest BCUT2D eigenvalue weighted by Crippen LogP contribution is 2.12. The fourth-order valence-corrected chi connectivity index (χ4v) is 4.37. The first-order valence-corrected chi connectivity index (χ1v) is 14.0. The third-order valence-electron chi connectivity index (χ3n) is 6.49. The van der Waals surface area contributed by atoms with Crippen LogP contribution in [0.1, 0.15) is 142 Å². The summed E-state index contributed by atoms with van der Waals surface area (Å²) in [5.41, 5.74) is 0. The van der Waals surface area contributed by atoms with Crippen molar-refractivity contribution < 1.29 is 4.79 Å². The molecule has 0 aliphatic carbocycles. The van der Waals surface area contributed by atoms with Gasteiger partial charge in [0.25, 0.3) is 0 Å². The smallest absolute Gasteiger partial charge is 0.220 e. The molecular formula is C28H53N3O. The highest BCUT2D eigenvalue weighted by atomic mass is 16.1. The number of rotatable bonds is 23. The van der Waals surface area contributed by atoms with Crippen molar-refractivity contribution in [1.82, 2.24) is 14.9 Å². The lowest BCUT2D eigenvalue weighted by molar-refractivity contribution is -0.121. The second-order valence-electron chi connectivity index (χ2n) is 9.54. The Balaban J connectivity index is 1.98. The first-order valence-electron chi connectivity index (χ1n) is 14.0. The Morgan fingerprint density at radius 3 is 1.81 bits per heavy atom. The SMILES string of the molecule is CCCCCCCCCCCC(=O)NCCn1ccnc1CCCCCCCCCCC. The molecule has 32 heavy (non-hydrogen) atoms. The van der Waals surface area contributed by atoms with E-state index in [1.165, 1.54) is 115 Å². The van der Waals surface area contributed by atoms with Gasteiger partial charge in [0.05, 0.1) is 0 Å². The van der Waals surface area contributed by atoms with Crippen LogP contribution in [0.25, 0.3) is 0 Å². The maximum Gasteiger partial charge on any atom is 0.220 e. The molecule has 0 spiro atoms. The van der Waals surface area contributed by atoms with Crippen molar-refractivity contribution in [3.8, 4) is 0 Å². The second kappa shape index (κ2) is 21.5. The molecule has 4 heteroatoms. The lowest BCUT2D eigenvalue weighted by atomic mass is 10.1. The molecular weight excluding hydrogens is 394 g/mol. The highest BCUT2D eigenvalue weighted by Gasteiger charge is 2.05. The van der Waals surface area contributed by atoms with E-state index in [1.807, 2.05) is 6.20 Å². The Kier molecular flexibility index (Phi) is 19.3. The molecule has 1 N–H and O–H groups in total. The fourth-order valence-electron chi connectivity index (χ4n) is 4.37. The van der Waals surface area contributed by atoms with Crippen LogP contribution >= 0.6 is 0 Å². The average molecular weight is 448 g/mol. The van der Waals surface area contributed by atoms with Crippen molar-refractivity contribution in [2.45, 2.75) is 149 Å². The molecule has 1 aromatic heterocycles. The van der Waals surface area contributed by atoms with Crippen LogP contribution in [0.2, 0.25) is 0 Å². The van der Waals surface area contributed by atoms with E-state index in [0.717, 1.165) is 19.4 Å². The normalized spacial score (nSPS) is 11.2. The summed E-state index contributed by atoms with van der Waals surface area (Å²) in [6.45, 7) is 6.07. The number of carbonyl (C=O) groups excluding carboxylic acids is 1. The number of hydrogen-bond acceptors (Lipinski definition) is 2. The number of aryl methyl sites for hydroxylation is 1. The van der Waals surface area contributed by atoms with E-state index in [2.05, 4.69) is 34.9 Å². The van der Waals surface area contributed by atoms with Crippen LogP contribution < -0.4 is 5.32 Å². The summed E-state index contributed by atoms with van der Waals surface area (Å²) in [4.78, 5) is 16.6. The van der Waals surface area contributed by atoms with E-state index in [9.17, 15) is 4.79 Å². The van der Waals surface area contributed by atoms with Crippen LogP contribution in [0.3, 0.4) is 0 Å². The Morgan fingerprint density at radius 1 is 0.750 bits per heavy atom. The summed E-state index contributed by atoms with van der Waals surface area (Å²) in [6.07, 6.45) is 29.5. The van der Waals surface area contributed by atoms with Gasteiger partial charge >= 0.3 is 0 Å². The van der Waals surface area contributed by atoms with Gasteiger partial charge in [-0.25, -0.2) is 4.98 Å². The fraction of sp³-hybridized carbons (Fsp3) is 0.857. The molecule has 0 aliphatic rings. The molecule has 0 aromatic carbocycles. The molecule has 1 aromatic rings. The predicted molar refractivity (Wildman–Crippen MR) is 138 cm³/mol. The van der Waals surface area contributed by atoms with E-state index in [0.29, 0.717) is 13.0 Å². The zero-order valence-corrected chi connectivity index (χ0v) is 21.5. The van der Waals surface area contributed by atoms with E-state index < -0.39 is 0 Å². The lowest BCUT2D eigenvalue weighted by Gasteiger charge is -2.09. The van der Waals surface area contributed by atoms with Gasteiger partial charge in [0, 0.05) is 38.3 Å². The molecule has 1 heterocycles. The summed E-state index contributed by atoms with van der Waals surface area (Å²) in [5.74, 6) is 1.37. The van der Waals surface area contributed by atoms with Gasteiger partial charge in [-0.3, -0.25) is 4.79 Å². The molecule has 186 valence electrons. The van der Waals surface area contributed by atoms with Crippen LogP contribution in [0.15, 0.2) is 12.4 Å². The van der Waals surface area contributed by atoms with Crippen LogP contribution in [0, 0.1) is 0 Å². The first kappa shape index (κ1) is 28.7. The average Bonchev–Trinajstić information content (AvgIpc) is 3.24. The van der Waals surface area contributed by atoms with Crippen LogP contribution in [0.5, 0.6) is 0 Å². The molecule has 0 unspecified atom stereocenters. The maximum absolute atomic E-state index is 12.1. The second-order valence-corrected chi connectivity index (χ2v) is 9.54. The maximum atomic E-state index is 12.1. The summed E-state index contributed by atoms with van der Waals surface area (Å²) < 4.78 is 2.21. The van der Waals surface area contributed by atoms with Gasteiger partial charge in [-0.15, -0.1) is 0 Å². The Hall–Kier alpha value is -1.32. The Morgan fingerprint density at radius 2 is 1.25 bits per heavy atom. The van der Waals surface area contributed by atoms with Gasteiger partial charge < -0.3 is 9.88 Å². The summed E-state index contributed by atoms with van der Waals surface area (Å²) in [5, 5.41) is 3.09. The lowest BCUT2D eigenvalue weighted by Crippen LogP contribution is -2.27.